The minimum absolute atomic E-state index is 0.231. The Morgan fingerprint density at radius 1 is 1.12 bits per heavy atom. The van der Waals surface area contributed by atoms with Gasteiger partial charge in [-0.3, -0.25) is 9.78 Å². The molecule has 0 spiro atoms. The number of pyridine rings is 1. The number of benzene rings is 2. The molecule has 0 aliphatic carbocycles. The van der Waals surface area contributed by atoms with Gasteiger partial charge in [0, 0.05) is 29.7 Å². The lowest BCUT2D eigenvalue weighted by Crippen LogP contribution is -2.11. The molecule has 26 heavy (non-hydrogen) atoms. The van der Waals surface area contributed by atoms with Crippen LogP contribution in [0.1, 0.15) is 10.4 Å². The van der Waals surface area contributed by atoms with Gasteiger partial charge in [-0.05, 0) is 42.5 Å². The monoisotopic (exact) mass is 345 g/mol. The molecule has 4 aromatic rings. The van der Waals surface area contributed by atoms with Gasteiger partial charge >= 0.3 is 0 Å². The van der Waals surface area contributed by atoms with Crippen molar-refractivity contribution in [2.24, 2.45) is 0 Å². The molecule has 0 saturated carbocycles. The first-order valence-electron chi connectivity index (χ1n) is 7.99. The van der Waals surface area contributed by atoms with Crippen molar-refractivity contribution < 1.29 is 13.9 Å². The van der Waals surface area contributed by atoms with Crippen LogP contribution in [-0.2, 0) is 0 Å². The highest BCUT2D eigenvalue weighted by atomic mass is 16.5. The molecule has 0 bridgehead atoms. The normalized spacial score (nSPS) is 10.7. The zero-order valence-electron chi connectivity index (χ0n) is 14.0. The van der Waals surface area contributed by atoms with E-state index in [9.17, 15) is 4.79 Å². The van der Waals surface area contributed by atoms with Gasteiger partial charge in [0.15, 0.2) is 5.58 Å². The van der Waals surface area contributed by atoms with Crippen LogP contribution in [0.3, 0.4) is 0 Å². The van der Waals surface area contributed by atoms with E-state index in [-0.39, 0.29) is 5.91 Å². The molecule has 6 heteroatoms. The molecule has 1 N–H and O–H groups in total. The number of nitrogens with zero attached hydrogens (tertiary/aromatic N) is 2. The summed E-state index contributed by atoms with van der Waals surface area (Å²) in [4.78, 5) is 20.7. The number of ether oxygens (including phenoxy) is 1. The number of nitrogens with one attached hydrogen (secondary N) is 1. The Kier molecular flexibility index (Phi) is 4.07. The Morgan fingerprint density at radius 2 is 2.04 bits per heavy atom. The van der Waals surface area contributed by atoms with Gasteiger partial charge in [-0.15, -0.1) is 0 Å². The van der Waals surface area contributed by atoms with Crippen molar-refractivity contribution in [1.82, 2.24) is 9.97 Å². The number of hydrogen-bond donors (Lipinski definition) is 1. The smallest absolute Gasteiger partial charge is 0.257 e. The molecule has 0 radical (unpaired) electrons. The number of aromatic nitrogens is 2. The van der Waals surface area contributed by atoms with E-state index in [4.69, 9.17) is 9.15 Å². The fourth-order valence-corrected chi connectivity index (χ4v) is 2.58. The number of anilines is 1. The highest BCUT2D eigenvalue weighted by Gasteiger charge is 2.11. The van der Waals surface area contributed by atoms with Crippen LogP contribution in [0.5, 0.6) is 5.75 Å². The van der Waals surface area contributed by atoms with Crippen molar-refractivity contribution in [3.63, 3.8) is 0 Å². The molecule has 0 atom stereocenters. The number of fused-ring (bicyclic) bond motifs is 1. The maximum Gasteiger partial charge on any atom is 0.257 e. The summed E-state index contributed by atoms with van der Waals surface area (Å²) >= 11 is 0. The van der Waals surface area contributed by atoms with E-state index < -0.39 is 0 Å². The summed E-state index contributed by atoms with van der Waals surface area (Å²) in [6.45, 7) is 0. The molecule has 2 aromatic heterocycles. The van der Waals surface area contributed by atoms with E-state index >= 15 is 0 Å². The van der Waals surface area contributed by atoms with E-state index in [1.54, 1.807) is 43.6 Å². The summed E-state index contributed by atoms with van der Waals surface area (Å²) in [5.41, 5.74) is 3.23. The third kappa shape index (κ3) is 3.12. The van der Waals surface area contributed by atoms with Crippen molar-refractivity contribution in [1.29, 1.82) is 0 Å². The van der Waals surface area contributed by atoms with Crippen LogP contribution in [0.25, 0.3) is 22.6 Å². The average Bonchev–Trinajstić information content (AvgIpc) is 3.12. The third-order valence-electron chi connectivity index (χ3n) is 3.89. The number of oxazole rings is 1. The zero-order valence-corrected chi connectivity index (χ0v) is 14.0. The summed E-state index contributed by atoms with van der Waals surface area (Å²) in [5.74, 6) is 0.994. The number of rotatable bonds is 4. The van der Waals surface area contributed by atoms with Crippen LogP contribution in [0.4, 0.5) is 5.69 Å². The maximum atomic E-state index is 12.2. The van der Waals surface area contributed by atoms with Crippen molar-refractivity contribution in [3.8, 4) is 17.2 Å². The molecule has 128 valence electrons. The number of carbonyl (C=O) groups is 1. The standard InChI is InChI=1S/C20H15N3O3/c1-25-16-6-2-4-13(10-16)20-23-17-8-7-15(11-18(17)26-20)22-19(24)14-5-3-9-21-12-14/h2-12H,1H3,(H,22,24). The van der Waals surface area contributed by atoms with Crippen molar-refractivity contribution in [3.05, 3.63) is 72.6 Å². The predicted molar refractivity (Wildman–Crippen MR) is 98.2 cm³/mol. The molecule has 2 heterocycles. The molecule has 6 nitrogen and oxygen atoms in total. The molecule has 0 fully saturated rings. The number of methoxy groups -OCH3 is 1. The highest BCUT2D eigenvalue weighted by molar-refractivity contribution is 6.04. The lowest BCUT2D eigenvalue weighted by atomic mass is 10.2. The number of hydrogen-bond acceptors (Lipinski definition) is 5. The minimum atomic E-state index is -0.231. The fourth-order valence-electron chi connectivity index (χ4n) is 2.58. The van der Waals surface area contributed by atoms with Crippen LogP contribution < -0.4 is 10.1 Å². The van der Waals surface area contributed by atoms with Crippen molar-refractivity contribution >= 4 is 22.7 Å². The second kappa shape index (κ2) is 6.68. The molecular formula is C20H15N3O3. The van der Waals surface area contributed by atoms with Gasteiger partial charge in [-0.25, -0.2) is 4.98 Å². The average molecular weight is 345 g/mol. The van der Waals surface area contributed by atoms with Gasteiger partial charge in [0.05, 0.1) is 12.7 Å². The topological polar surface area (TPSA) is 77.2 Å². The zero-order chi connectivity index (χ0) is 17.9. The highest BCUT2D eigenvalue weighted by Crippen LogP contribution is 2.28. The Labute approximate surface area is 149 Å². The molecule has 0 unspecified atom stereocenters. The van der Waals surface area contributed by atoms with Crippen LogP contribution in [0.15, 0.2) is 71.4 Å². The molecule has 2 aromatic carbocycles. The molecular weight excluding hydrogens is 330 g/mol. The number of amides is 1. The van der Waals surface area contributed by atoms with E-state index in [1.165, 1.54) is 6.20 Å². The Morgan fingerprint density at radius 3 is 2.85 bits per heavy atom. The largest absolute Gasteiger partial charge is 0.497 e. The summed E-state index contributed by atoms with van der Waals surface area (Å²) < 4.78 is 11.1. The summed E-state index contributed by atoms with van der Waals surface area (Å²) in [6, 6.07) is 16.3. The van der Waals surface area contributed by atoms with E-state index in [0.29, 0.717) is 28.2 Å². The van der Waals surface area contributed by atoms with Gasteiger partial charge in [-0.2, -0.15) is 0 Å². The van der Waals surface area contributed by atoms with Gasteiger partial charge in [0.2, 0.25) is 5.89 Å². The van der Waals surface area contributed by atoms with Crippen LogP contribution in [-0.4, -0.2) is 23.0 Å². The first-order valence-corrected chi connectivity index (χ1v) is 7.99. The second-order valence-electron chi connectivity index (χ2n) is 5.63. The quantitative estimate of drug-likeness (QED) is 0.601. The van der Waals surface area contributed by atoms with Crippen LogP contribution in [0, 0.1) is 0 Å². The third-order valence-corrected chi connectivity index (χ3v) is 3.89. The van der Waals surface area contributed by atoms with Gasteiger partial charge < -0.3 is 14.5 Å². The van der Waals surface area contributed by atoms with Crippen LogP contribution in [0.2, 0.25) is 0 Å². The van der Waals surface area contributed by atoms with Crippen LogP contribution >= 0.6 is 0 Å². The minimum Gasteiger partial charge on any atom is -0.497 e. The van der Waals surface area contributed by atoms with Gasteiger partial charge in [0.25, 0.3) is 5.91 Å². The van der Waals surface area contributed by atoms with Gasteiger partial charge in [0.1, 0.15) is 11.3 Å². The lowest BCUT2D eigenvalue weighted by Gasteiger charge is -2.04. The SMILES string of the molecule is COc1cccc(-c2nc3ccc(NC(=O)c4cccnc4)cc3o2)c1. The Bertz CT molecular complexity index is 1070. The lowest BCUT2D eigenvalue weighted by molar-refractivity contribution is 0.102. The maximum absolute atomic E-state index is 12.2. The molecule has 0 aliphatic rings. The summed E-state index contributed by atoms with van der Waals surface area (Å²) in [7, 11) is 1.61. The predicted octanol–water partition coefficient (Wildman–Crippen LogP) is 4.15. The van der Waals surface area contributed by atoms with Crippen molar-refractivity contribution in [2.75, 3.05) is 12.4 Å². The van der Waals surface area contributed by atoms with Crippen molar-refractivity contribution in [2.45, 2.75) is 0 Å². The van der Waals surface area contributed by atoms with Gasteiger partial charge in [-0.1, -0.05) is 6.07 Å². The first kappa shape index (κ1) is 15.8. The van der Waals surface area contributed by atoms with E-state index in [2.05, 4.69) is 15.3 Å². The molecule has 0 saturated heterocycles. The summed E-state index contributed by atoms with van der Waals surface area (Å²) in [6.07, 6.45) is 3.14. The molecule has 0 aliphatic heterocycles. The molecule has 1 amide bonds. The fraction of sp³-hybridized carbons (Fsp3) is 0.0500. The van der Waals surface area contributed by atoms with E-state index in [1.807, 2.05) is 24.3 Å². The first-order chi connectivity index (χ1) is 12.7. The summed E-state index contributed by atoms with van der Waals surface area (Å²) in [5, 5.41) is 2.83. The van der Waals surface area contributed by atoms with E-state index in [0.717, 1.165) is 11.3 Å². The Balaban J connectivity index is 1.62. The Hall–Kier alpha value is -3.67. The second-order valence-corrected chi connectivity index (χ2v) is 5.63. The number of carbonyl (C=O) groups excluding carboxylic acids is 1. The molecule has 4 rings (SSSR count).